The van der Waals surface area contributed by atoms with Gasteiger partial charge in [-0.05, 0) is 43.0 Å². The number of rotatable bonds is 3. The fourth-order valence-electron chi connectivity index (χ4n) is 2.74. The van der Waals surface area contributed by atoms with Crippen LogP contribution in [0.25, 0.3) is 0 Å². The molecule has 5 nitrogen and oxygen atoms in total. The Morgan fingerprint density at radius 1 is 1.18 bits per heavy atom. The highest BCUT2D eigenvalue weighted by atomic mass is 16.1. The number of aromatic nitrogens is 2. The summed E-state index contributed by atoms with van der Waals surface area (Å²) in [6.07, 6.45) is 2.46. The molecule has 0 spiro atoms. The van der Waals surface area contributed by atoms with Crippen molar-refractivity contribution in [3.8, 4) is 0 Å². The SMILES string of the molecule is CC1CCCN(c2ccc(NC(=O)c3ccccc3)nn2)C1. The lowest BCUT2D eigenvalue weighted by molar-refractivity contribution is 0.102. The number of nitrogens with one attached hydrogen (secondary N) is 1. The molecular weight excluding hydrogens is 276 g/mol. The van der Waals surface area contributed by atoms with Crippen LogP contribution in [-0.2, 0) is 0 Å². The number of anilines is 2. The van der Waals surface area contributed by atoms with Gasteiger partial charge in [-0.2, -0.15) is 0 Å². The third-order valence-corrected chi connectivity index (χ3v) is 3.91. The average Bonchev–Trinajstić information content (AvgIpc) is 2.56. The van der Waals surface area contributed by atoms with Crippen molar-refractivity contribution in [3.05, 3.63) is 48.0 Å². The predicted molar refractivity (Wildman–Crippen MR) is 87.0 cm³/mol. The van der Waals surface area contributed by atoms with Crippen molar-refractivity contribution < 1.29 is 4.79 Å². The van der Waals surface area contributed by atoms with Gasteiger partial charge in [-0.15, -0.1) is 10.2 Å². The summed E-state index contributed by atoms with van der Waals surface area (Å²) >= 11 is 0. The summed E-state index contributed by atoms with van der Waals surface area (Å²) in [4.78, 5) is 14.3. The first-order valence-corrected chi connectivity index (χ1v) is 7.67. The molecule has 1 aliphatic heterocycles. The molecule has 2 aromatic rings. The lowest BCUT2D eigenvalue weighted by atomic mass is 10.0. The summed E-state index contributed by atoms with van der Waals surface area (Å²) in [6.45, 7) is 4.30. The van der Waals surface area contributed by atoms with Gasteiger partial charge in [0.05, 0.1) is 0 Å². The van der Waals surface area contributed by atoms with Crippen LogP contribution in [0.1, 0.15) is 30.1 Å². The van der Waals surface area contributed by atoms with Gasteiger partial charge in [0, 0.05) is 18.7 Å². The highest BCUT2D eigenvalue weighted by Crippen LogP contribution is 2.21. The third-order valence-electron chi connectivity index (χ3n) is 3.91. The van der Waals surface area contributed by atoms with Crippen molar-refractivity contribution in [1.29, 1.82) is 0 Å². The number of hydrogen-bond donors (Lipinski definition) is 1. The van der Waals surface area contributed by atoms with Crippen LogP contribution in [0.4, 0.5) is 11.6 Å². The van der Waals surface area contributed by atoms with E-state index in [0.717, 1.165) is 18.9 Å². The van der Waals surface area contributed by atoms with Crippen molar-refractivity contribution in [2.24, 2.45) is 5.92 Å². The van der Waals surface area contributed by atoms with Crippen LogP contribution in [0, 0.1) is 5.92 Å². The smallest absolute Gasteiger partial charge is 0.256 e. The van der Waals surface area contributed by atoms with E-state index in [2.05, 4.69) is 27.3 Å². The molecule has 0 saturated carbocycles. The van der Waals surface area contributed by atoms with Crippen LogP contribution in [0.2, 0.25) is 0 Å². The van der Waals surface area contributed by atoms with Crippen LogP contribution in [0.3, 0.4) is 0 Å². The normalized spacial score (nSPS) is 18.0. The second-order valence-electron chi connectivity index (χ2n) is 5.79. The van der Waals surface area contributed by atoms with Crippen LogP contribution < -0.4 is 10.2 Å². The number of piperidine rings is 1. The number of carbonyl (C=O) groups is 1. The van der Waals surface area contributed by atoms with Gasteiger partial charge in [0.2, 0.25) is 0 Å². The van der Waals surface area contributed by atoms with E-state index in [1.165, 1.54) is 12.8 Å². The summed E-state index contributed by atoms with van der Waals surface area (Å²) in [7, 11) is 0. The Kier molecular flexibility index (Phi) is 4.32. The van der Waals surface area contributed by atoms with E-state index < -0.39 is 0 Å². The molecule has 1 unspecified atom stereocenters. The van der Waals surface area contributed by atoms with Gasteiger partial charge < -0.3 is 10.2 Å². The monoisotopic (exact) mass is 296 g/mol. The van der Waals surface area contributed by atoms with E-state index in [4.69, 9.17) is 0 Å². The van der Waals surface area contributed by atoms with Gasteiger partial charge in [-0.3, -0.25) is 4.79 Å². The first-order chi connectivity index (χ1) is 10.7. The molecule has 0 bridgehead atoms. The van der Waals surface area contributed by atoms with Crippen molar-refractivity contribution in [3.63, 3.8) is 0 Å². The largest absolute Gasteiger partial charge is 0.355 e. The molecule has 1 aromatic heterocycles. The van der Waals surface area contributed by atoms with Gasteiger partial charge in [0.15, 0.2) is 11.6 Å². The molecular formula is C17H20N4O. The molecule has 1 saturated heterocycles. The van der Waals surface area contributed by atoms with Gasteiger partial charge in [0.25, 0.3) is 5.91 Å². The fourth-order valence-corrected chi connectivity index (χ4v) is 2.74. The average molecular weight is 296 g/mol. The standard InChI is InChI=1S/C17H20N4O/c1-13-6-5-11-21(12-13)16-10-9-15(19-20-16)18-17(22)14-7-3-2-4-8-14/h2-4,7-10,13H,5-6,11-12H2,1H3,(H,18,19,22). The first kappa shape index (κ1) is 14.5. The Hall–Kier alpha value is -2.43. The molecule has 0 aliphatic carbocycles. The molecule has 1 fully saturated rings. The summed E-state index contributed by atoms with van der Waals surface area (Å²) < 4.78 is 0. The number of benzene rings is 1. The number of nitrogens with zero attached hydrogens (tertiary/aromatic N) is 3. The quantitative estimate of drug-likeness (QED) is 0.946. The van der Waals surface area contributed by atoms with Crippen molar-refractivity contribution in [2.75, 3.05) is 23.3 Å². The van der Waals surface area contributed by atoms with Crippen molar-refractivity contribution in [2.45, 2.75) is 19.8 Å². The van der Waals surface area contributed by atoms with E-state index in [1.54, 1.807) is 12.1 Å². The van der Waals surface area contributed by atoms with Gasteiger partial charge in [0.1, 0.15) is 0 Å². The molecule has 5 heteroatoms. The summed E-state index contributed by atoms with van der Waals surface area (Å²) in [5.41, 5.74) is 0.609. The molecule has 1 N–H and O–H groups in total. The second kappa shape index (κ2) is 6.56. The topological polar surface area (TPSA) is 58.1 Å². The maximum absolute atomic E-state index is 12.1. The van der Waals surface area contributed by atoms with Crippen LogP contribution >= 0.6 is 0 Å². The summed E-state index contributed by atoms with van der Waals surface area (Å²) in [5.74, 6) is 1.87. The first-order valence-electron chi connectivity index (χ1n) is 7.67. The Labute approximate surface area is 130 Å². The lowest BCUT2D eigenvalue weighted by Crippen LogP contribution is -2.34. The molecule has 2 heterocycles. The molecule has 114 valence electrons. The maximum atomic E-state index is 12.1. The molecule has 1 aliphatic rings. The number of hydrogen-bond acceptors (Lipinski definition) is 4. The Morgan fingerprint density at radius 3 is 2.68 bits per heavy atom. The van der Waals surface area contributed by atoms with Crippen LogP contribution in [0.15, 0.2) is 42.5 Å². The predicted octanol–water partition coefficient (Wildman–Crippen LogP) is 2.97. The number of amides is 1. The molecule has 1 amide bonds. The van der Waals surface area contributed by atoms with E-state index in [-0.39, 0.29) is 5.91 Å². The summed E-state index contributed by atoms with van der Waals surface area (Å²) in [5, 5.41) is 11.1. The highest BCUT2D eigenvalue weighted by molar-refractivity contribution is 6.03. The minimum absolute atomic E-state index is 0.172. The van der Waals surface area contributed by atoms with Crippen molar-refractivity contribution >= 4 is 17.5 Å². The van der Waals surface area contributed by atoms with Gasteiger partial charge >= 0.3 is 0 Å². The van der Waals surface area contributed by atoms with Crippen molar-refractivity contribution in [1.82, 2.24) is 10.2 Å². The zero-order valence-corrected chi connectivity index (χ0v) is 12.7. The Bertz CT molecular complexity index is 627. The Morgan fingerprint density at radius 2 is 2.00 bits per heavy atom. The molecule has 22 heavy (non-hydrogen) atoms. The minimum atomic E-state index is -0.172. The molecule has 0 radical (unpaired) electrons. The zero-order chi connectivity index (χ0) is 15.4. The van der Waals surface area contributed by atoms with Gasteiger partial charge in [-0.1, -0.05) is 25.1 Å². The van der Waals surface area contributed by atoms with Crippen LogP contribution in [0.5, 0.6) is 0 Å². The lowest BCUT2D eigenvalue weighted by Gasteiger charge is -2.31. The minimum Gasteiger partial charge on any atom is -0.355 e. The zero-order valence-electron chi connectivity index (χ0n) is 12.7. The van der Waals surface area contributed by atoms with Gasteiger partial charge in [-0.25, -0.2) is 0 Å². The Balaban J connectivity index is 1.65. The molecule has 1 atom stereocenters. The summed E-state index contributed by atoms with van der Waals surface area (Å²) in [6, 6.07) is 12.8. The van der Waals surface area contributed by atoms with E-state index in [1.807, 2.05) is 30.3 Å². The van der Waals surface area contributed by atoms with E-state index in [0.29, 0.717) is 17.3 Å². The van der Waals surface area contributed by atoms with E-state index >= 15 is 0 Å². The maximum Gasteiger partial charge on any atom is 0.256 e. The van der Waals surface area contributed by atoms with Crippen LogP contribution in [-0.4, -0.2) is 29.2 Å². The highest BCUT2D eigenvalue weighted by Gasteiger charge is 2.18. The third kappa shape index (κ3) is 3.42. The molecule has 3 rings (SSSR count). The molecule has 1 aromatic carbocycles. The number of carbonyl (C=O) groups excluding carboxylic acids is 1. The second-order valence-corrected chi connectivity index (χ2v) is 5.79. The fraction of sp³-hybridized carbons (Fsp3) is 0.353. The van der Waals surface area contributed by atoms with E-state index in [9.17, 15) is 4.79 Å².